The number of hydrogen-bond acceptors (Lipinski definition) is 4. The van der Waals surface area contributed by atoms with Gasteiger partial charge in [-0.05, 0) is 37.2 Å². The highest BCUT2D eigenvalue weighted by Crippen LogP contribution is 1.93. The maximum Gasteiger partial charge on any atom is 0.220 e. The molecule has 0 atom stereocenters. The zero-order valence-corrected chi connectivity index (χ0v) is 12.6. The van der Waals surface area contributed by atoms with Gasteiger partial charge in [-0.25, -0.2) is 0 Å². The topological polar surface area (TPSA) is 58.2 Å². The van der Waals surface area contributed by atoms with Crippen molar-refractivity contribution in [3.05, 3.63) is 0 Å². The van der Waals surface area contributed by atoms with Crippen LogP contribution >= 0.6 is 25.3 Å². The highest BCUT2D eigenvalue weighted by molar-refractivity contribution is 7.80. The van der Waals surface area contributed by atoms with Gasteiger partial charge in [-0.15, -0.1) is 0 Å². The van der Waals surface area contributed by atoms with E-state index in [4.69, 9.17) is 0 Å². The van der Waals surface area contributed by atoms with E-state index in [2.05, 4.69) is 35.9 Å². The molecule has 0 aliphatic heterocycles. The second-order valence-electron chi connectivity index (χ2n) is 4.06. The van der Waals surface area contributed by atoms with E-state index < -0.39 is 0 Å². The van der Waals surface area contributed by atoms with Crippen molar-refractivity contribution in [3.63, 3.8) is 0 Å². The van der Waals surface area contributed by atoms with Crippen LogP contribution < -0.4 is 10.6 Å². The van der Waals surface area contributed by atoms with E-state index >= 15 is 0 Å². The second-order valence-corrected chi connectivity index (χ2v) is 4.96. The lowest BCUT2D eigenvalue weighted by Crippen LogP contribution is -2.27. The molecular weight excluding hydrogens is 268 g/mol. The first-order valence-electron chi connectivity index (χ1n) is 6.45. The molecular formula is C12H24N2O2S2. The third-order valence-electron chi connectivity index (χ3n) is 2.37. The molecule has 0 spiro atoms. The molecule has 106 valence electrons. The van der Waals surface area contributed by atoms with Crippen LogP contribution in [0.1, 0.15) is 38.5 Å². The van der Waals surface area contributed by atoms with E-state index in [1.54, 1.807) is 0 Å². The molecule has 0 rings (SSSR count). The smallest absolute Gasteiger partial charge is 0.220 e. The lowest BCUT2D eigenvalue weighted by Gasteiger charge is -2.06. The van der Waals surface area contributed by atoms with Gasteiger partial charge in [0.1, 0.15) is 0 Å². The largest absolute Gasteiger partial charge is 0.356 e. The fourth-order valence-corrected chi connectivity index (χ4v) is 1.68. The van der Waals surface area contributed by atoms with Gasteiger partial charge in [-0.1, -0.05) is 0 Å². The summed E-state index contributed by atoms with van der Waals surface area (Å²) in [7, 11) is 0. The standard InChI is InChI=1S/C12H24N2O2S2/c15-11(5-3-9-17)13-7-1-2-8-14-12(16)6-4-10-18/h17-18H,1-10H2,(H,13,15)(H,14,16). The van der Waals surface area contributed by atoms with Gasteiger partial charge in [0.25, 0.3) is 0 Å². The van der Waals surface area contributed by atoms with Gasteiger partial charge in [0.15, 0.2) is 0 Å². The number of rotatable bonds is 11. The monoisotopic (exact) mass is 292 g/mol. The molecule has 0 aliphatic carbocycles. The summed E-state index contributed by atoms with van der Waals surface area (Å²) < 4.78 is 0. The predicted octanol–water partition coefficient (Wildman–Crippen LogP) is 1.42. The number of hydrogen-bond donors (Lipinski definition) is 4. The van der Waals surface area contributed by atoms with E-state index in [1.807, 2.05) is 0 Å². The number of unbranched alkanes of at least 4 members (excludes halogenated alkanes) is 1. The summed E-state index contributed by atoms with van der Waals surface area (Å²) in [5.41, 5.74) is 0. The van der Waals surface area contributed by atoms with Crippen molar-refractivity contribution in [2.45, 2.75) is 38.5 Å². The Morgan fingerprint density at radius 1 is 0.722 bits per heavy atom. The van der Waals surface area contributed by atoms with Crippen molar-refractivity contribution >= 4 is 37.1 Å². The molecule has 0 aliphatic rings. The van der Waals surface area contributed by atoms with Crippen LogP contribution in [0.15, 0.2) is 0 Å². The molecule has 0 bridgehead atoms. The number of nitrogens with one attached hydrogen (secondary N) is 2. The van der Waals surface area contributed by atoms with Gasteiger partial charge < -0.3 is 10.6 Å². The summed E-state index contributed by atoms with van der Waals surface area (Å²) in [5.74, 6) is 1.65. The Kier molecular flexibility index (Phi) is 12.8. The van der Waals surface area contributed by atoms with Crippen LogP contribution in [0.4, 0.5) is 0 Å². The highest BCUT2D eigenvalue weighted by Gasteiger charge is 2.00. The molecule has 6 heteroatoms. The lowest BCUT2D eigenvalue weighted by atomic mass is 10.2. The Morgan fingerprint density at radius 2 is 1.11 bits per heavy atom. The Bertz CT molecular complexity index is 214. The first-order chi connectivity index (χ1) is 8.70. The van der Waals surface area contributed by atoms with Crippen LogP contribution in [-0.4, -0.2) is 36.4 Å². The van der Waals surface area contributed by atoms with Gasteiger partial charge in [-0.2, -0.15) is 25.3 Å². The quantitative estimate of drug-likeness (QED) is 0.344. The van der Waals surface area contributed by atoms with Crippen LogP contribution in [0, 0.1) is 0 Å². The SMILES string of the molecule is O=C(CCCS)NCCCCNC(=O)CCCS. The molecule has 4 nitrogen and oxygen atoms in total. The van der Waals surface area contributed by atoms with Crippen molar-refractivity contribution in [3.8, 4) is 0 Å². The van der Waals surface area contributed by atoms with Crippen LogP contribution in [0.3, 0.4) is 0 Å². The maximum atomic E-state index is 11.2. The van der Waals surface area contributed by atoms with E-state index in [0.29, 0.717) is 25.9 Å². The fraction of sp³-hybridized carbons (Fsp3) is 0.833. The number of carbonyl (C=O) groups is 2. The fourth-order valence-electron chi connectivity index (χ4n) is 1.36. The van der Waals surface area contributed by atoms with Crippen molar-refractivity contribution in [2.24, 2.45) is 0 Å². The molecule has 0 aromatic heterocycles. The molecule has 2 N–H and O–H groups in total. The van der Waals surface area contributed by atoms with Gasteiger partial charge in [0.2, 0.25) is 11.8 Å². The molecule has 0 heterocycles. The van der Waals surface area contributed by atoms with E-state index in [1.165, 1.54) is 0 Å². The summed E-state index contributed by atoms with van der Waals surface area (Å²) >= 11 is 8.10. The molecule has 0 fully saturated rings. The van der Waals surface area contributed by atoms with Gasteiger partial charge in [0.05, 0.1) is 0 Å². The Balaban J connectivity index is 3.25. The summed E-state index contributed by atoms with van der Waals surface area (Å²) in [6.07, 6.45) is 4.50. The third kappa shape index (κ3) is 12.1. The van der Waals surface area contributed by atoms with Crippen molar-refractivity contribution in [2.75, 3.05) is 24.6 Å². The van der Waals surface area contributed by atoms with Crippen LogP contribution in [0.2, 0.25) is 0 Å². The number of amides is 2. The van der Waals surface area contributed by atoms with E-state index in [-0.39, 0.29) is 11.8 Å². The number of carbonyl (C=O) groups excluding carboxylic acids is 2. The van der Waals surface area contributed by atoms with Crippen molar-refractivity contribution < 1.29 is 9.59 Å². The van der Waals surface area contributed by atoms with Crippen molar-refractivity contribution in [1.82, 2.24) is 10.6 Å². The van der Waals surface area contributed by atoms with Gasteiger partial charge in [0, 0.05) is 25.9 Å². The van der Waals surface area contributed by atoms with E-state index in [9.17, 15) is 9.59 Å². The number of thiol groups is 2. The molecule has 0 saturated carbocycles. The summed E-state index contributed by atoms with van der Waals surface area (Å²) in [4.78, 5) is 22.5. The first kappa shape index (κ1) is 17.6. The summed E-state index contributed by atoms with van der Waals surface area (Å²) in [5, 5.41) is 5.69. The Hall–Kier alpha value is -0.360. The highest BCUT2D eigenvalue weighted by atomic mass is 32.1. The van der Waals surface area contributed by atoms with Crippen LogP contribution in [0.5, 0.6) is 0 Å². The van der Waals surface area contributed by atoms with Crippen molar-refractivity contribution in [1.29, 1.82) is 0 Å². The van der Waals surface area contributed by atoms with Gasteiger partial charge >= 0.3 is 0 Å². The molecule has 0 aromatic carbocycles. The van der Waals surface area contributed by atoms with Crippen LogP contribution in [0.25, 0.3) is 0 Å². The molecule has 18 heavy (non-hydrogen) atoms. The molecule has 0 saturated heterocycles. The van der Waals surface area contributed by atoms with E-state index in [0.717, 1.165) is 37.2 Å². The molecule has 0 radical (unpaired) electrons. The summed E-state index contributed by atoms with van der Waals surface area (Å²) in [6, 6.07) is 0. The van der Waals surface area contributed by atoms with Gasteiger partial charge in [-0.3, -0.25) is 9.59 Å². The average molecular weight is 292 g/mol. The zero-order chi connectivity index (χ0) is 13.6. The van der Waals surface area contributed by atoms with Crippen LogP contribution in [-0.2, 0) is 9.59 Å². The molecule has 0 aromatic rings. The minimum Gasteiger partial charge on any atom is -0.356 e. The predicted molar refractivity (Wildman–Crippen MR) is 81.4 cm³/mol. The third-order valence-corrected chi connectivity index (χ3v) is 3.00. The second kappa shape index (κ2) is 13.1. The minimum atomic E-state index is 0.0851. The minimum absolute atomic E-state index is 0.0851. The molecule has 0 unspecified atom stereocenters. The Labute approximate surface area is 120 Å². The zero-order valence-electron chi connectivity index (χ0n) is 10.8. The molecule has 2 amide bonds. The lowest BCUT2D eigenvalue weighted by molar-refractivity contribution is -0.122. The maximum absolute atomic E-state index is 11.2. The summed E-state index contributed by atoms with van der Waals surface area (Å²) in [6.45, 7) is 1.36. The normalized spacial score (nSPS) is 10.1. The average Bonchev–Trinajstić information content (AvgIpc) is 2.37. The Morgan fingerprint density at radius 3 is 1.44 bits per heavy atom. The first-order valence-corrected chi connectivity index (χ1v) is 7.72.